The number of nitrogens with zero attached hydrogens (tertiary/aromatic N) is 2. The van der Waals surface area contributed by atoms with Crippen molar-refractivity contribution in [2.24, 2.45) is 5.10 Å². The number of benzene rings is 2. The third kappa shape index (κ3) is 3.87. The van der Waals surface area contributed by atoms with Gasteiger partial charge in [-0.2, -0.15) is 10.2 Å². The van der Waals surface area contributed by atoms with Crippen molar-refractivity contribution in [3.8, 4) is 17.0 Å². The Labute approximate surface area is 149 Å². The molecule has 0 radical (unpaired) electrons. The van der Waals surface area contributed by atoms with Gasteiger partial charge in [-0.25, -0.2) is 5.43 Å². The Hall–Kier alpha value is -3.12. The lowest BCUT2D eigenvalue weighted by Crippen LogP contribution is -2.19. The molecule has 0 saturated carbocycles. The molecule has 0 aliphatic rings. The van der Waals surface area contributed by atoms with E-state index in [4.69, 9.17) is 11.6 Å². The number of aromatic nitrogens is 2. The zero-order valence-electron chi connectivity index (χ0n) is 13.3. The average molecular weight is 355 g/mol. The van der Waals surface area contributed by atoms with Gasteiger partial charge in [0.05, 0.1) is 11.4 Å². The van der Waals surface area contributed by atoms with E-state index in [0.717, 1.165) is 5.56 Å². The molecule has 6 nitrogen and oxygen atoms in total. The number of phenolic OH excluding ortho intramolecular Hbond substituents is 1. The van der Waals surface area contributed by atoms with Crippen LogP contribution in [0.1, 0.15) is 23.0 Å². The highest BCUT2D eigenvalue weighted by Crippen LogP contribution is 2.20. The van der Waals surface area contributed by atoms with Crippen LogP contribution < -0.4 is 5.43 Å². The summed E-state index contributed by atoms with van der Waals surface area (Å²) in [6.45, 7) is 1.70. The van der Waals surface area contributed by atoms with Crippen LogP contribution in [0.5, 0.6) is 5.75 Å². The van der Waals surface area contributed by atoms with Gasteiger partial charge in [0.1, 0.15) is 11.4 Å². The molecule has 0 aliphatic heterocycles. The fourth-order valence-electron chi connectivity index (χ4n) is 2.24. The second-order valence-electron chi connectivity index (χ2n) is 5.33. The van der Waals surface area contributed by atoms with Gasteiger partial charge in [-0.05, 0) is 37.3 Å². The summed E-state index contributed by atoms with van der Waals surface area (Å²) in [5.74, 6) is -0.327. The number of amides is 1. The minimum Gasteiger partial charge on any atom is -0.507 e. The lowest BCUT2D eigenvalue weighted by atomic mass is 10.1. The number of para-hydroxylation sites is 1. The Bertz CT molecular complexity index is 932. The fraction of sp³-hybridized carbons (Fsp3) is 0.0556. The van der Waals surface area contributed by atoms with E-state index in [0.29, 0.717) is 22.0 Å². The van der Waals surface area contributed by atoms with E-state index in [-0.39, 0.29) is 11.4 Å². The first-order valence-electron chi connectivity index (χ1n) is 7.49. The zero-order chi connectivity index (χ0) is 17.8. The molecule has 0 spiro atoms. The second kappa shape index (κ2) is 7.19. The first kappa shape index (κ1) is 16.7. The highest BCUT2D eigenvalue weighted by atomic mass is 35.5. The average Bonchev–Trinajstić information content (AvgIpc) is 3.10. The molecule has 0 bridgehead atoms. The highest BCUT2D eigenvalue weighted by molar-refractivity contribution is 6.30. The summed E-state index contributed by atoms with van der Waals surface area (Å²) in [7, 11) is 0. The molecular weight excluding hydrogens is 340 g/mol. The molecule has 1 amide bonds. The molecular formula is C18H15ClN4O2. The Morgan fingerprint density at radius 1 is 1.20 bits per heavy atom. The number of hydrogen-bond donors (Lipinski definition) is 3. The Kier molecular flexibility index (Phi) is 4.81. The van der Waals surface area contributed by atoms with Crippen molar-refractivity contribution < 1.29 is 9.90 Å². The Morgan fingerprint density at radius 3 is 2.64 bits per heavy atom. The predicted octanol–water partition coefficient (Wildman–Crippen LogP) is 3.59. The van der Waals surface area contributed by atoms with Gasteiger partial charge in [0.25, 0.3) is 5.91 Å². The maximum Gasteiger partial charge on any atom is 0.289 e. The number of hydrogen-bond acceptors (Lipinski definition) is 4. The lowest BCUT2D eigenvalue weighted by molar-refractivity contribution is 0.0950. The van der Waals surface area contributed by atoms with Gasteiger partial charge in [0, 0.05) is 16.1 Å². The molecule has 3 aromatic rings. The van der Waals surface area contributed by atoms with Crippen LogP contribution >= 0.6 is 11.6 Å². The van der Waals surface area contributed by atoms with Crippen molar-refractivity contribution in [1.29, 1.82) is 0 Å². The van der Waals surface area contributed by atoms with Gasteiger partial charge < -0.3 is 5.11 Å². The fourth-order valence-corrected chi connectivity index (χ4v) is 2.37. The number of nitrogens with one attached hydrogen (secondary N) is 2. The smallest absolute Gasteiger partial charge is 0.289 e. The molecule has 1 aromatic heterocycles. The van der Waals surface area contributed by atoms with Crippen LogP contribution in [0.4, 0.5) is 0 Å². The molecule has 25 heavy (non-hydrogen) atoms. The van der Waals surface area contributed by atoms with E-state index in [2.05, 4.69) is 20.7 Å². The molecule has 7 heteroatoms. The largest absolute Gasteiger partial charge is 0.507 e. The molecule has 0 fully saturated rings. The van der Waals surface area contributed by atoms with Crippen LogP contribution in [-0.4, -0.2) is 26.9 Å². The van der Waals surface area contributed by atoms with E-state index < -0.39 is 5.91 Å². The molecule has 0 aliphatic carbocycles. The molecule has 0 unspecified atom stereocenters. The number of carbonyl (C=O) groups excluding carboxylic acids is 1. The maximum absolute atomic E-state index is 12.2. The predicted molar refractivity (Wildman–Crippen MR) is 96.8 cm³/mol. The number of halogens is 1. The van der Waals surface area contributed by atoms with Crippen LogP contribution in [0.15, 0.2) is 59.7 Å². The molecule has 3 N–H and O–H groups in total. The summed E-state index contributed by atoms with van der Waals surface area (Å²) >= 11 is 5.86. The third-order valence-corrected chi connectivity index (χ3v) is 3.83. The van der Waals surface area contributed by atoms with Gasteiger partial charge in [-0.3, -0.25) is 9.89 Å². The van der Waals surface area contributed by atoms with Crippen LogP contribution in [-0.2, 0) is 0 Å². The number of rotatable bonds is 4. The summed E-state index contributed by atoms with van der Waals surface area (Å²) in [6.07, 6.45) is 0. The van der Waals surface area contributed by atoms with Gasteiger partial charge in [-0.1, -0.05) is 35.9 Å². The van der Waals surface area contributed by atoms with Gasteiger partial charge in [0.15, 0.2) is 0 Å². The molecule has 0 saturated heterocycles. The Morgan fingerprint density at radius 2 is 1.92 bits per heavy atom. The van der Waals surface area contributed by atoms with Crippen LogP contribution in [0.2, 0.25) is 5.02 Å². The number of aromatic hydroxyl groups is 1. The van der Waals surface area contributed by atoms with Crippen LogP contribution in [0.25, 0.3) is 11.3 Å². The van der Waals surface area contributed by atoms with Crippen molar-refractivity contribution in [3.63, 3.8) is 0 Å². The van der Waals surface area contributed by atoms with E-state index in [9.17, 15) is 9.90 Å². The number of H-pyrrole nitrogens is 1. The van der Waals surface area contributed by atoms with Crippen molar-refractivity contribution in [3.05, 3.63) is 70.9 Å². The Balaban J connectivity index is 1.73. The topological polar surface area (TPSA) is 90.4 Å². The second-order valence-corrected chi connectivity index (χ2v) is 5.77. The van der Waals surface area contributed by atoms with E-state index >= 15 is 0 Å². The van der Waals surface area contributed by atoms with E-state index in [1.165, 1.54) is 0 Å². The zero-order valence-corrected chi connectivity index (χ0v) is 14.1. The van der Waals surface area contributed by atoms with Gasteiger partial charge in [0.2, 0.25) is 0 Å². The van der Waals surface area contributed by atoms with Gasteiger partial charge in [-0.15, -0.1) is 0 Å². The summed E-state index contributed by atoms with van der Waals surface area (Å²) in [5, 5.41) is 21.2. The molecule has 0 atom stereocenters. The number of aromatic amines is 1. The summed E-state index contributed by atoms with van der Waals surface area (Å²) < 4.78 is 0. The quantitative estimate of drug-likeness (QED) is 0.494. The number of carbonyl (C=O) groups is 1. The van der Waals surface area contributed by atoms with Gasteiger partial charge >= 0.3 is 0 Å². The standard InChI is InChI=1S/C18H15ClN4O2/c1-11(14-4-2-3-5-17(14)24)20-23-18(25)16-10-15(21-22-16)12-6-8-13(19)9-7-12/h2-10,24H,1H3,(H,21,22)(H,23,25). The summed E-state index contributed by atoms with van der Waals surface area (Å²) in [6, 6.07) is 15.6. The van der Waals surface area contributed by atoms with E-state index in [1.807, 2.05) is 12.1 Å². The maximum atomic E-state index is 12.2. The van der Waals surface area contributed by atoms with Crippen LogP contribution in [0.3, 0.4) is 0 Å². The normalized spacial score (nSPS) is 11.4. The monoisotopic (exact) mass is 354 g/mol. The minimum atomic E-state index is -0.428. The number of phenols is 1. The van der Waals surface area contributed by atoms with Crippen LogP contribution in [0, 0.1) is 0 Å². The lowest BCUT2D eigenvalue weighted by Gasteiger charge is -2.03. The molecule has 1 heterocycles. The summed E-state index contributed by atoms with van der Waals surface area (Å²) in [5.41, 5.74) is 5.23. The first-order valence-corrected chi connectivity index (χ1v) is 7.87. The molecule has 126 valence electrons. The van der Waals surface area contributed by atoms with E-state index in [1.54, 1.807) is 49.4 Å². The van der Waals surface area contributed by atoms with Crippen molar-refractivity contribution in [2.75, 3.05) is 0 Å². The number of hydrazone groups is 1. The van der Waals surface area contributed by atoms with Crippen molar-refractivity contribution in [2.45, 2.75) is 6.92 Å². The first-order chi connectivity index (χ1) is 12.0. The third-order valence-electron chi connectivity index (χ3n) is 3.58. The molecule has 2 aromatic carbocycles. The minimum absolute atomic E-state index is 0.101. The molecule has 3 rings (SSSR count). The summed E-state index contributed by atoms with van der Waals surface area (Å²) in [4.78, 5) is 12.2. The van der Waals surface area contributed by atoms with Crippen molar-refractivity contribution in [1.82, 2.24) is 15.6 Å². The van der Waals surface area contributed by atoms with Crippen molar-refractivity contribution >= 4 is 23.2 Å². The SMILES string of the molecule is CC(=NNC(=O)c1cc(-c2ccc(Cl)cc2)n[nH]1)c1ccccc1O. The highest BCUT2D eigenvalue weighted by Gasteiger charge is 2.11.